The maximum atomic E-state index is 11.3. The minimum atomic E-state index is -0.636. The Morgan fingerprint density at radius 2 is 1.94 bits per heavy atom. The van der Waals surface area contributed by atoms with Crippen molar-refractivity contribution in [2.24, 2.45) is 5.92 Å². The first kappa shape index (κ1) is 13.8. The van der Waals surface area contributed by atoms with Crippen LogP contribution in [0.15, 0.2) is 0 Å². The molecule has 0 aromatic rings. The number of carboxylic acid groups (broad SMARTS) is 1. The van der Waals surface area contributed by atoms with Gasteiger partial charge in [0, 0.05) is 6.54 Å². The van der Waals surface area contributed by atoms with E-state index in [-0.39, 0.29) is 6.04 Å². The van der Waals surface area contributed by atoms with Crippen molar-refractivity contribution in [3.63, 3.8) is 0 Å². The molecule has 2 heterocycles. The summed E-state index contributed by atoms with van der Waals surface area (Å²) in [6, 6.07) is -0.243. The molecule has 2 fully saturated rings. The van der Waals surface area contributed by atoms with Crippen LogP contribution in [0.2, 0.25) is 0 Å². The van der Waals surface area contributed by atoms with Crippen LogP contribution in [0.5, 0.6) is 0 Å². The van der Waals surface area contributed by atoms with Crippen molar-refractivity contribution in [2.75, 3.05) is 32.7 Å². The summed E-state index contributed by atoms with van der Waals surface area (Å²) in [5.41, 5.74) is 0. The minimum Gasteiger partial charge on any atom is -0.480 e. The van der Waals surface area contributed by atoms with Gasteiger partial charge in [0.1, 0.15) is 6.04 Å². The molecule has 4 nitrogen and oxygen atoms in total. The fraction of sp³-hybridized carbons (Fsp3) is 0.929. The second-order valence-corrected chi connectivity index (χ2v) is 5.92. The number of carbonyl (C=O) groups is 1. The smallest absolute Gasteiger partial charge is 0.320 e. The molecule has 2 saturated heterocycles. The van der Waals surface area contributed by atoms with Crippen LogP contribution >= 0.6 is 0 Å². The van der Waals surface area contributed by atoms with E-state index in [1.165, 1.54) is 25.9 Å². The summed E-state index contributed by atoms with van der Waals surface area (Å²) in [6.45, 7) is 7.67. The van der Waals surface area contributed by atoms with Gasteiger partial charge in [-0.2, -0.15) is 0 Å². The van der Waals surface area contributed by atoms with Gasteiger partial charge in [-0.3, -0.25) is 9.69 Å². The zero-order chi connectivity index (χ0) is 13.0. The molecule has 2 aliphatic rings. The van der Waals surface area contributed by atoms with E-state index in [9.17, 15) is 9.90 Å². The van der Waals surface area contributed by atoms with Gasteiger partial charge in [0.15, 0.2) is 0 Å². The Hall–Kier alpha value is -0.610. The van der Waals surface area contributed by atoms with Gasteiger partial charge in [0.25, 0.3) is 0 Å². The zero-order valence-corrected chi connectivity index (χ0v) is 11.5. The van der Waals surface area contributed by atoms with Gasteiger partial charge in [0.05, 0.1) is 0 Å². The van der Waals surface area contributed by atoms with E-state index in [0.29, 0.717) is 5.92 Å². The molecule has 2 aliphatic heterocycles. The number of nitrogens with zero attached hydrogens (tertiary/aromatic N) is 2. The predicted molar refractivity (Wildman–Crippen MR) is 71.7 cm³/mol. The largest absolute Gasteiger partial charge is 0.480 e. The summed E-state index contributed by atoms with van der Waals surface area (Å²) in [4.78, 5) is 16.0. The fourth-order valence-electron chi connectivity index (χ4n) is 3.22. The number of carboxylic acids is 1. The lowest BCUT2D eigenvalue weighted by atomic mass is 9.92. The molecule has 104 valence electrons. The van der Waals surface area contributed by atoms with Crippen LogP contribution in [0.25, 0.3) is 0 Å². The van der Waals surface area contributed by atoms with Crippen LogP contribution in [0, 0.1) is 5.92 Å². The lowest BCUT2D eigenvalue weighted by molar-refractivity contribution is -0.145. The second kappa shape index (κ2) is 6.53. The van der Waals surface area contributed by atoms with Crippen molar-refractivity contribution in [2.45, 2.75) is 45.1 Å². The SMILES string of the molecule is CC1CCN(CCCN2CCCC2)C(C(=O)O)C1. The number of hydrogen-bond donors (Lipinski definition) is 1. The highest BCUT2D eigenvalue weighted by Gasteiger charge is 2.31. The summed E-state index contributed by atoms with van der Waals surface area (Å²) < 4.78 is 0. The minimum absolute atomic E-state index is 0.243. The second-order valence-electron chi connectivity index (χ2n) is 5.92. The van der Waals surface area contributed by atoms with Crippen molar-refractivity contribution in [1.82, 2.24) is 9.80 Å². The monoisotopic (exact) mass is 254 g/mol. The molecule has 0 bridgehead atoms. The van der Waals surface area contributed by atoms with Crippen molar-refractivity contribution in [3.8, 4) is 0 Å². The van der Waals surface area contributed by atoms with Gasteiger partial charge in [0.2, 0.25) is 0 Å². The topological polar surface area (TPSA) is 43.8 Å². The first-order chi connectivity index (χ1) is 8.66. The van der Waals surface area contributed by atoms with Crippen LogP contribution in [-0.4, -0.2) is 59.6 Å². The summed E-state index contributed by atoms with van der Waals surface area (Å²) in [5.74, 6) is -0.0799. The lowest BCUT2D eigenvalue weighted by Gasteiger charge is -2.36. The van der Waals surface area contributed by atoms with E-state index < -0.39 is 5.97 Å². The van der Waals surface area contributed by atoms with Gasteiger partial charge in [-0.25, -0.2) is 0 Å². The molecule has 0 saturated carbocycles. The van der Waals surface area contributed by atoms with E-state index >= 15 is 0 Å². The molecule has 0 amide bonds. The summed E-state index contributed by atoms with van der Waals surface area (Å²) in [6.07, 6.45) is 5.74. The van der Waals surface area contributed by atoms with Gasteiger partial charge >= 0.3 is 5.97 Å². The van der Waals surface area contributed by atoms with Crippen LogP contribution in [-0.2, 0) is 4.79 Å². The zero-order valence-electron chi connectivity index (χ0n) is 11.5. The lowest BCUT2D eigenvalue weighted by Crippen LogP contribution is -2.47. The third kappa shape index (κ3) is 3.69. The normalized spacial score (nSPS) is 30.7. The number of hydrogen-bond acceptors (Lipinski definition) is 3. The van der Waals surface area contributed by atoms with Crippen LogP contribution in [0.4, 0.5) is 0 Å². The van der Waals surface area contributed by atoms with Crippen molar-refractivity contribution in [1.29, 1.82) is 0 Å². The first-order valence-corrected chi connectivity index (χ1v) is 7.36. The van der Waals surface area contributed by atoms with E-state index in [1.54, 1.807) is 0 Å². The molecule has 0 aliphatic carbocycles. The third-order valence-corrected chi connectivity index (χ3v) is 4.38. The molecule has 0 aromatic carbocycles. The number of piperidine rings is 1. The van der Waals surface area contributed by atoms with Crippen LogP contribution in [0.3, 0.4) is 0 Å². The Morgan fingerprint density at radius 1 is 1.22 bits per heavy atom. The summed E-state index contributed by atoms with van der Waals surface area (Å²) in [7, 11) is 0. The van der Waals surface area contributed by atoms with Gasteiger partial charge in [-0.05, 0) is 64.2 Å². The standard InChI is InChI=1S/C14H26N2O2/c1-12-5-10-16(13(11-12)14(17)18)9-4-8-15-6-2-3-7-15/h12-13H,2-11H2,1H3,(H,17,18). The highest BCUT2D eigenvalue weighted by molar-refractivity contribution is 5.73. The maximum Gasteiger partial charge on any atom is 0.320 e. The van der Waals surface area contributed by atoms with Crippen molar-refractivity contribution < 1.29 is 9.90 Å². The quantitative estimate of drug-likeness (QED) is 0.810. The summed E-state index contributed by atoms with van der Waals surface area (Å²) in [5, 5.41) is 9.29. The molecule has 4 heteroatoms. The van der Waals surface area contributed by atoms with E-state index in [4.69, 9.17) is 0 Å². The average molecular weight is 254 g/mol. The van der Waals surface area contributed by atoms with E-state index in [2.05, 4.69) is 16.7 Å². The number of aliphatic carboxylic acids is 1. The Morgan fingerprint density at radius 3 is 2.61 bits per heavy atom. The van der Waals surface area contributed by atoms with Gasteiger partial charge in [-0.1, -0.05) is 6.92 Å². The van der Waals surface area contributed by atoms with Crippen LogP contribution in [0.1, 0.15) is 39.0 Å². The average Bonchev–Trinajstić information content (AvgIpc) is 2.84. The predicted octanol–water partition coefficient (Wildman–Crippen LogP) is 1.66. The van der Waals surface area contributed by atoms with Crippen molar-refractivity contribution >= 4 is 5.97 Å². The molecular weight excluding hydrogens is 228 g/mol. The maximum absolute atomic E-state index is 11.3. The molecule has 2 rings (SSSR count). The molecule has 0 spiro atoms. The van der Waals surface area contributed by atoms with Gasteiger partial charge < -0.3 is 10.0 Å². The summed E-state index contributed by atoms with van der Waals surface area (Å²) >= 11 is 0. The number of rotatable bonds is 5. The van der Waals surface area contributed by atoms with Crippen LogP contribution < -0.4 is 0 Å². The molecule has 2 unspecified atom stereocenters. The van der Waals surface area contributed by atoms with E-state index in [0.717, 1.165) is 38.9 Å². The molecule has 2 atom stereocenters. The van der Waals surface area contributed by atoms with Gasteiger partial charge in [-0.15, -0.1) is 0 Å². The Bertz CT molecular complexity index is 277. The Labute approximate surface area is 110 Å². The highest BCUT2D eigenvalue weighted by Crippen LogP contribution is 2.22. The third-order valence-electron chi connectivity index (χ3n) is 4.38. The Kier molecular flexibility index (Phi) is 5.01. The molecule has 1 N–H and O–H groups in total. The molecular formula is C14H26N2O2. The fourth-order valence-corrected chi connectivity index (χ4v) is 3.22. The van der Waals surface area contributed by atoms with Crippen molar-refractivity contribution in [3.05, 3.63) is 0 Å². The Balaban J connectivity index is 1.74. The molecule has 18 heavy (non-hydrogen) atoms. The first-order valence-electron chi connectivity index (χ1n) is 7.36. The van der Waals surface area contributed by atoms with E-state index in [1.807, 2.05) is 0 Å². The molecule has 0 aromatic heterocycles. The molecule has 0 radical (unpaired) electrons. The number of likely N-dealkylation sites (tertiary alicyclic amines) is 2. The highest BCUT2D eigenvalue weighted by atomic mass is 16.4.